The molecule has 0 bridgehead atoms. The van der Waals surface area contributed by atoms with Crippen molar-refractivity contribution in [3.05, 3.63) is 64.9 Å². The van der Waals surface area contributed by atoms with E-state index in [4.69, 9.17) is 4.42 Å². The zero-order chi connectivity index (χ0) is 21.0. The monoisotopic (exact) mass is 436 g/mol. The van der Waals surface area contributed by atoms with Crippen LogP contribution in [0, 0.1) is 0 Å². The molecule has 6 nitrogen and oxygen atoms in total. The molecule has 0 radical (unpaired) electrons. The molecule has 7 heteroatoms. The number of aromatic nitrogens is 1. The maximum atomic E-state index is 13.0. The van der Waals surface area contributed by atoms with Crippen LogP contribution in [-0.2, 0) is 11.3 Å². The van der Waals surface area contributed by atoms with Crippen LogP contribution in [0.1, 0.15) is 29.7 Å². The lowest BCUT2D eigenvalue weighted by Gasteiger charge is -2.35. The Morgan fingerprint density at radius 2 is 1.84 bits per heavy atom. The van der Waals surface area contributed by atoms with Gasteiger partial charge in [-0.15, -0.1) is 11.3 Å². The Morgan fingerprint density at radius 1 is 1.03 bits per heavy atom. The second kappa shape index (κ2) is 9.34. The van der Waals surface area contributed by atoms with Crippen molar-refractivity contribution in [1.29, 1.82) is 0 Å². The molecule has 1 aromatic carbocycles. The van der Waals surface area contributed by atoms with Crippen LogP contribution < -0.4 is 0 Å². The zero-order valence-corrected chi connectivity index (χ0v) is 18.5. The Morgan fingerprint density at radius 3 is 2.61 bits per heavy atom. The van der Waals surface area contributed by atoms with Crippen molar-refractivity contribution in [1.82, 2.24) is 19.7 Å². The summed E-state index contributed by atoms with van der Waals surface area (Å²) in [5, 5.41) is 2.10. The summed E-state index contributed by atoms with van der Waals surface area (Å²) in [6.07, 6.45) is 3.92. The molecule has 2 saturated heterocycles. The first-order valence-electron chi connectivity index (χ1n) is 11.0. The van der Waals surface area contributed by atoms with Gasteiger partial charge in [0, 0.05) is 43.2 Å². The van der Waals surface area contributed by atoms with Crippen LogP contribution in [0.15, 0.2) is 58.5 Å². The van der Waals surface area contributed by atoms with Crippen molar-refractivity contribution >= 4 is 17.2 Å². The highest BCUT2D eigenvalue weighted by molar-refractivity contribution is 7.10. The van der Waals surface area contributed by atoms with Gasteiger partial charge in [0.05, 0.1) is 19.1 Å². The maximum Gasteiger partial charge on any atom is 0.237 e. The van der Waals surface area contributed by atoms with Gasteiger partial charge in [-0.25, -0.2) is 4.98 Å². The van der Waals surface area contributed by atoms with Gasteiger partial charge in [0.2, 0.25) is 11.8 Å². The molecule has 3 aromatic rings. The molecule has 0 saturated carbocycles. The van der Waals surface area contributed by atoms with Crippen LogP contribution in [0.5, 0.6) is 0 Å². The number of carbonyl (C=O) groups excluding carboxylic acids is 1. The number of rotatable bonds is 6. The van der Waals surface area contributed by atoms with Gasteiger partial charge in [-0.05, 0) is 24.3 Å². The van der Waals surface area contributed by atoms with Crippen LogP contribution in [0.25, 0.3) is 11.3 Å². The minimum absolute atomic E-state index is 0.268. The number of benzene rings is 1. The summed E-state index contributed by atoms with van der Waals surface area (Å²) in [6, 6.07) is 14.6. The largest absolute Gasteiger partial charge is 0.447 e. The standard InChI is InChI=1S/C24H28N4O2S/c29-24(28-10-4-8-21(28)22-9-5-15-31-22)17-27-13-11-26(12-14-27)16-23-25-20(18-30-23)19-6-2-1-3-7-19/h1-3,5-7,9,15,18,21H,4,8,10-14,16-17H2. The van der Waals surface area contributed by atoms with E-state index < -0.39 is 0 Å². The molecule has 31 heavy (non-hydrogen) atoms. The molecule has 0 spiro atoms. The Labute approximate surface area is 187 Å². The number of piperazine rings is 1. The van der Waals surface area contributed by atoms with Gasteiger partial charge in [-0.1, -0.05) is 36.4 Å². The van der Waals surface area contributed by atoms with E-state index in [0.717, 1.165) is 62.7 Å². The van der Waals surface area contributed by atoms with E-state index in [0.29, 0.717) is 13.1 Å². The SMILES string of the molecule is O=C(CN1CCN(Cc2nc(-c3ccccc3)co2)CC1)N1CCCC1c1cccs1. The number of amides is 1. The molecule has 0 N–H and O–H groups in total. The molecule has 2 fully saturated rings. The van der Waals surface area contributed by atoms with E-state index >= 15 is 0 Å². The van der Waals surface area contributed by atoms with Gasteiger partial charge in [0.25, 0.3) is 0 Å². The molecule has 1 amide bonds. The highest BCUT2D eigenvalue weighted by Crippen LogP contribution is 2.34. The van der Waals surface area contributed by atoms with Crippen molar-refractivity contribution in [2.75, 3.05) is 39.3 Å². The highest BCUT2D eigenvalue weighted by atomic mass is 32.1. The molecular formula is C24H28N4O2S. The average molecular weight is 437 g/mol. The highest BCUT2D eigenvalue weighted by Gasteiger charge is 2.31. The third-order valence-electron chi connectivity index (χ3n) is 6.25. The maximum absolute atomic E-state index is 13.0. The van der Waals surface area contributed by atoms with Crippen molar-refractivity contribution in [3.8, 4) is 11.3 Å². The van der Waals surface area contributed by atoms with E-state index in [1.54, 1.807) is 17.6 Å². The van der Waals surface area contributed by atoms with Crippen molar-refractivity contribution < 1.29 is 9.21 Å². The number of nitrogens with zero attached hydrogens (tertiary/aromatic N) is 4. The molecule has 1 unspecified atom stereocenters. The second-order valence-electron chi connectivity index (χ2n) is 8.31. The fourth-order valence-corrected chi connectivity index (χ4v) is 5.42. The number of likely N-dealkylation sites (tertiary alicyclic amines) is 1. The summed E-state index contributed by atoms with van der Waals surface area (Å²) in [6.45, 7) is 5.75. The van der Waals surface area contributed by atoms with Crippen LogP contribution >= 0.6 is 11.3 Å². The summed E-state index contributed by atoms with van der Waals surface area (Å²) in [5.74, 6) is 1.02. The Balaban J connectivity index is 1.11. The quantitative estimate of drug-likeness (QED) is 0.587. The molecule has 5 rings (SSSR count). The fraction of sp³-hybridized carbons (Fsp3) is 0.417. The van der Waals surface area contributed by atoms with Crippen molar-refractivity contribution in [3.63, 3.8) is 0 Å². The lowest BCUT2D eigenvalue weighted by atomic mass is 10.2. The van der Waals surface area contributed by atoms with Gasteiger partial charge < -0.3 is 9.32 Å². The minimum Gasteiger partial charge on any atom is -0.447 e. The molecule has 2 aromatic heterocycles. The van der Waals surface area contributed by atoms with E-state index in [2.05, 4.69) is 37.2 Å². The van der Waals surface area contributed by atoms with E-state index in [1.165, 1.54) is 4.88 Å². The second-order valence-corrected chi connectivity index (χ2v) is 9.28. The predicted molar refractivity (Wildman–Crippen MR) is 122 cm³/mol. The predicted octanol–water partition coefficient (Wildman–Crippen LogP) is 3.88. The van der Waals surface area contributed by atoms with E-state index in [9.17, 15) is 4.79 Å². The molecule has 2 aliphatic heterocycles. The van der Waals surface area contributed by atoms with Crippen LogP contribution in [0.4, 0.5) is 0 Å². The third-order valence-corrected chi connectivity index (χ3v) is 7.22. The number of carbonyl (C=O) groups is 1. The van der Waals surface area contributed by atoms with Gasteiger partial charge in [-0.2, -0.15) is 0 Å². The van der Waals surface area contributed by atoms with E-state index in [-0.39, 0.29) is 11.9 Å². The third kappa shape index (κ3) is 4.74. The smallest absolute Gasteiger partial charge is 0.237 e. The number of oxazole rings is 1. The molecule has 162 valence electrons. The number of hydrogen-bond acceptors (Lipinski definition) is 6. The molecule has 0 aliphatic carbocycles. The van der Waals surface area contributed by atoms with Crippen molar-refractivity contribution in [2.24, 2.45) is 0 Å². The number of hydrogen-bond donors (Lipinski definition) is 0. The van der Waals surface area contributed by atoms with Crippen LogP contribution in [0.3, 0.4) is 0 Å². The fourth-order valence-electron chi connectivity index (χ4n) is 4.55. The summed E-state index contributed by atoms with van der Waals surface area (Å²) >= 11 is 1.76. The topological polar surface area (TPSA) is 52.8 Å². The summed E-state index contributed by atoms with van der Waals surface area (Å²) in [5.41, 5.74) is 1.95. The molecule has 1 atom stereocenters. The zero-order valence-electron chi connectivity index (χ0n) is 17.7. The summed E-state index contributed by atoms with van der Waals surface area (Å²) in [7, 11) is 0. The first-order valence-corrected chi connectivity index (χ1v) is 11.9. The Bertz CT molecular complexity index is 980. The Hall–Kier alpha value is -2.48. The van der Waals surface area contributed by atoms with Crippen LogP contribution in [0.2, 0.25) is 0 Å². The van der Waals surface area contributed by atoms with Gasteiger partial charge in [0.1, 0.15) is 12.0 Å². The van der Waals surface area contributed by atoms with Gasteiger partial charge in [0.15, 0.2) is 0 Å². The number of thiophene rings is 1. The van der Waals surface area contributed by atoms with Crippen molar-refractivity contribution in [2.45, 2.75) is 25.4 Å². The first kappa shape index (κ1) is 20.4. The first-order chi connectivity index (χ1) is 15.3. The molecular weight excluding hydrogens is 408 g/mol. The summed E-state index contributed by atoms with van der Waals surface area (Å²) < 4.78 is 5.70. The molecule has 2 aliphatic rings. The lowest BCUT2D eigenvalue weighted by molar-refractivity contribution is -0.133. The lowest BCUT2D eigenvalue weighted by Crippen LogP contribution is -2.49. The average Bonchev–Trinajstić information content (AvgIpc) is 3.57. The normalized spacial score (nSPS) is 20.4. The Kier molecular flexibility index (Phi) is 6.15. The van der Waals surface area contributed by atoms with Gasteiger partial charge >= 0.3 is 0 Å². The van der Waals surface area contributed by atoms with Crippen LogP contribution in [-0.4, -0.2) is 64.9 Å². The van der Waals surface area contributed by atoms with E-state index in [1.807, 2.05) is 30.3 Å². The summed E-state index contributed by atoms with van der Waals surface area (Å²) in [4.78, 5) is 25.7. The van der Waals surface area contributed by atoms with Gasteiger partial charge in [-0.3, -0.25) is 14.6 Å². The minimum atomic E-state index is 0.268. The molecule has 4 heterocycles.